The van der Waals surface area contributed by atoms with Crippen LogP contribution in [0.4, 0.5) is 0 Å². The maximum Gasteiger partial charge on any atom is 0.262 e. The van der Waals surface area contributed by atoms with Gasteiger partial charge >= 0.3 is 0 Å². The molecule has 2 aromatic heterocycles. The van der Waals surface area contributed by atoms with E-state index in [1.54, 1.807) is 4.57 Å². The van der Waals surface area contributed by atoms with E-state index in [-0.39, 0.29) is 10.8 Å². The Hall–Kier alpha value is -2.93. The Kier molecular flexibility index (Phi) is 5.76. The number of aromatic nitrogens is 4. The van der Waals surface area contributed by atoms with Gasteiger partial charge in [-0.1, -0.05) is 66.3 Å². The van der Waals surface area contributed by atoms with Crippen molar-refractivity contribution in [2.45, 2.75) is 43.6 Å². The number of nitrogens with zero attached hydrogens (tertiary/aromatic N) is 4. The van der Waals surface area contributed by atoms with Gasteiger partial charge in [0.15, 0.2) is 11.0 Å². The third kappa shape index (κ3) is 4.24. The van der Waals surface area contributed by atoms with E-state index < -0.39 is 0 Å². The fraction of sp³-hybridized carbons (Fsp3) is 0.273. The quantitative estimate of drug-likeness (QED) is 0.329. The zero-order valence-electron chi connectivity index (χ0n) is 16.4. The van der Waals surface area contributed by atoms with Gasteiger partial charge in [-0.15, -0.1) is 0 Å². The van der Waals surface area contributed by atoms with Crippen LogP contribution in [0.3, 0.4) is 0 Å². The third-order valence-corrected chi connectivity index (χ3v) is 5.68. The Bertz CT molecular complexity index is 1170. The molecule has 6 nitrogen and oxygen atoms in total. The Morgan fingerprint density at radius 2 is 1.83 bits per heavy atom. The van der Waals surface area contributed by atoms with Gasteiger partial charge in [-0.25, -0.2) is 4.98 Å². The van der Waals surface area contributed by atoms with Gasteiger partial charge in [0.25, 0.3) is 5.56 Å². The lowest BCUT2D eigenvalue weighted by atomic mass is 10.2. The summed E-state index contributed by atoms with van der Waals surface area (Å²) >= 11 is 1.46. The number of hydrogen-bond acceptors (Lipinski definition) is 6. The van der Waals surface area contributed by atoms with E-state index in [9.17, 15) is 4.79 Å². The summed E-state index contributed by atoms with van der Waals surface area (Å²) in [7, 11) is 0. The van der Waals surface area contributed by atoms with Crippen LogP contribution in [0, 0.1) is 0 Å². The van der Waals surface area contributed by atoms with Crippen molar-refractivity contribution >= 4 is 22.7 Å². The summed E-state index contributed by atoms with van der Waals surface area (Å²) in [5, 5.41) is 5.17. The van der Waals surface area contributed by atoms with Crippen LogP contribution < -0.4 is 5.56 Å². The van der Waals surface area contributed by atoms with Gasteiger partial charge in [0.1, 0.15) is 0 Å². The molecule has 0 fully saturated rings. The fourth-order valence-corrected chi connectivity index (χ4v) is 4.05. The van der Waals surface area contributed by atoms with Gasteiger partial charge < -0.3 is 4.52 Å². The van der Waals surface area contributed by atoms with Gasteiger partial charge in [0.2, 0.25) is 5.89 Å². The van der Waals surface area contributed by atoms with Crippen LogP contribution in [-0.2, 0) is 13.0 Å². The van der Waals surface area contributed by atoms with E-state index in [2.05, 4.69) is 17.1 Å². The zero-order chi connectivity index (χ0) is 20.2. The molecule has 0 saturated carbocycles. The normalized spacial score (nSPS) is 12.3. The van der Waals surface area contributed by atoms with Crippen molar-refractivity contribution in [3.05, 3.63) is 82.2 Å². The molecule has 0 saturated heterocycles. The average Bonchev–Trinajstić information content (AvgIpc) is 3.21. The van der Waals surface area contributed by atoms with Crippen LogP contribution in [-0.4, -0.2) is 19.7 Å². The van der Waals surface area contributed by atoms with E-state index in [0.717, 1.165) is 18.4 Å². The summed E-state index contributed by atoms with van der Waals surface area (Å²) in [4.78, 5) is 22.5. The summed E-state index contributed by atoms with van der Waals surface area (Å²) in [5.41, 5.74) is 1.68. The van der Waals surface area contributed by atoms with Crippen molar-refractivity contribution < 1.29 is 4.52 Å². The van der Waals surface area contributed by atoms with Crippen molar-refractivity contribution in [2.24, 2.45) is 0 Å². The predicted octanol–water partition coefficient (Wildman–Crippen LogP) is 4.63. The first-order valence-electron chi connectivity index (χ1n) is 9.68. The first-order valence-corrected chi connectivity index (χ1v) is 10.6. The topological polar surface area (TPSA) is 73.8 Å². The molecule has 1 atom stereocenters. The Morgan fingerprint density at radius 3 is 2.62 bits per heavy atom. The Labute approximate surface area is 173 Å². The Morgan fingerprint density at radius 1 is 1.07 bits per heavy atom. The lowest BCUT2D eigenvalue weighted by Crippen LogP contribution is -2.24. The maximum atomic E-state index is 13.2. The van der Waals surface area contributed by atoms with Crippen molar-refractivity contribution in [3.63, 3.8) is 0 Å². The molecule has 29 heavy (non-hydrogen) atoms. The van der Waals surface area contributed by atoms with E-state index in [1.165, 1.54) is 11.8 Å². The number of thioether (sulfide) groups is 1. The minimum Gasteiger partial charge on any atom is -0.338 e. The predicted molar refractivity (Wildman–Crippen MR) is 114 cm³/mol. The minimum atomic E-state index is -0.122. The van der Waals surface area contributed by atoms with Gasteiger partial charge in [-0.05, 0) is 31.0 Å². The van der Waals surface area contributed by atoms with Crippen LogP contribution in [0.1, 0.15) is 42.8 Å². The number of aryl methyl sites for hydroxylation is 1. The number of benzene rings is 2. The van der Waals surface area contributed by atoms with E-state index in [0.29, 0.717) is 34.3 Å². The number of hydrogen-bond donors (Lipinski definition) is 0. The summed E-state index contributed by atoms with van der Waals surface area (Å²) in [6.07, 6.45) is 1.75. The summed E-state index contributed by atoms with van der Waals surface area (Å²) < 4.78 is 7.15. The maximum absolute atomic E-state index is 13.2. The second-order valence-electron chi connectivity index (χ2n) is 6.85. The summed E-state index contributed by atoms with van der Waals surface area (Å²) in [6, 6.07) is 17.4. The van der Waals surface area contributed by atoms with Gasteiger partial charge in [0, 0.05) is 6.42 Å². The molecule has 0 bridgehead atoms. The number of para-hydroxylation sites is 1. The molecule has 0 radical (unpaired) electrons. The monoisotopic (exact) mass is 406 g/mol. The lowest BCUT2D eigenvalue weighted by Gasteiger charge is -2.15. The van der Waals surface area contributed by atoms with Crippen LogP contribution in [0.5, 0.6) is 0 Å². The molecule has 1 unspecified atom stereocenters. The van der Waals surface area contributed by atoms with Gasteiger partial charge in [0.05, 0.1) is 22.7 Å². The zero-order valence-corrected chi connectivity index (χ0v) is 17.2. The standard InChI is InChI=1S/C22H22N4O2S/c1-3-9-19-24-20(28-25-19)15(2)29-22-23-18-13-8-7-12-17(18)21(27)26(22)14-16-10-5-4-6-11-16/h4-8,10-13,15H,3,9,14H2,1-2H3. The molecule has 0 N–H and O–H groups in total. The van der Waals surface area contributed by atoms with Crippen molar-refractivity contribution in [2.75, 3.05) is 0 Å². The number of rotatable bonds is 7. The van der Waals surface area contributed by atoms with Crippen molar-refractivity contribution in [1.82, 2.24) is 19.7 Å². The number of fused-ring (bicyclic) bond motifs is 1. The second-order valence-corrected chi connectivity index (χ2v) is 8.16. The van der Waals surface area contributed by atoms with E-state index in [4.69, 9.17) is 9.51 Å². The lowest BCUT2D eigenvalue weighted by molar-refractivity contribution is 0.374. The van der Waals surface area contributed by atoms with E-state index >= 15 is 0 Å². The fourth-order valence-electron chi connectivity index (χ4n) is 3.11. The first kappa shape index (κ1) is 19.4. The molecule has 0 aliphatic carbocycles. The molecule has 0 aliphatic rings. The van der Waals surface area contributed by atoms with Crippen molar-refractivity contribution in [3.8, 4) is 0 Å². The third-order valence-electron chi connectivity index (χ3n) is 4.60. The molecule has 0 aliphatic heterocycles. The highest BCUT2D eigenvalue weighted by molar-refractivity contribution is 7.99. The molecule has 7 heteroatoms. The highest BCUT2D eigenvalue weighted by Crippen LogP contribution is 2.33. The minimum absolute atomic E-state index is 0.0497. The van der Waals surface area contributed by atoms with Crippen LogP contribution >= 0.6 is 11.8 Å². The first-order chi connectivity index (χ1) is 14.2. The van der Waals surface area contributed by atoms with Gasteiger partial charge in [-0.3, -0.25) is 9.36 Å². The second kappa shape index (κ2) is 8.61. The summed E-state index contributed by atoms with van der Waals surface area (Å²) in [5.74, 6) is 1.26. The Balaban J connectivity index is 1.73. The van der Waals surface area contributed by atoms with Gasteiger partial charge in [-0.2, -0.15) is 4.98 Å². The molecule has 2 heterocycles. The van der Waals surface area contributed by atoms with E-state index in [1.807, 2.05) is 61.5 Å². The molecular formula is C22H22N4O2S. The SMILES string of the molecule is CCCc1noc(C(C)Sc2nc3ccccc3c(=O)n2Cc2ccccc2)n1. The molecular weight excluding hydrogens is 384 g/mol. The summed E-state index contributed by atoms with van der Waals surface area (Å²) in [6.45, 7) is 4.52. The smallest absolute Gasteiger partial charge is 0.262 e. The molecule has 148 valence electrons. The molecule has 4 aromatic rings. The van der Waals surface area contributed by atoms with Crippen LogP contribution in [0.2, 0.25) is 0 Å². The molecule has 2 aromatic carbocycles. The molecule has 0 spiro atoms. The van der Waals surface area contributed by atoms with Crippen LogP contribution in [0.15, 0.2) is 69.1 Å². The highest BCUT2D eigenvalue weighted by Gasteiger charge is 2.20. The largest absolute Gasteiger partial charge is 0.338 e. The molecule has 4 rings (SSSR count). The van der Waals surface area contributed by atoms with Crippen LogP contribution in [0.25, 0.3) is 10.9 Å². The average molecular weight is 407 g/mol. The molecule has 0 amide bonds. The highest BCUT2D eigenvalue weighted by atomic mass is 32.2. The van der Waals surface area contributed by atoms with Crippen molar-refractivity contribution in [1.29, 1.82) is 0 Å².